The predicted octanol–water partition coefficient (Wildman–Crippen LogP) is 2.88. The van der Waals surface area contributed by atoms with Crippen LogP contribution < -0.4 is 0 Å². The Balaban J connectivity index is 2.33. The molecule has 20 heavy (non-hydrogen) atoms. The van der Waals surface area contributed by atoms with E-state index in [9.17, 15) is 13.2 Å². The third-order valence-corrected chi connectivity index (χ3v) is 7.89. The van der Waals surface area contributed by atoms with Gasteiger partial charge in [-0.3, -0.25) is 0 Å². The van der Waals surface area contributed by atoms with Crippen LogP contribution in [0.4, 0.5) is 0 Å². The summed E-state index contributed by atoms with van der Waals surface area (Å²) in [5, 5.41) is 8.96. The molecule has 2 unspecified atom stereocenters. The van der Waals surface area contributed by atoms with Gasteiger partial charge in [0.25, 0.3) is 0 Å². The van der Waals surface area contributed by atoms with Crippen LogP contribution >= 0.6 is 27.3 Å². The molecular formula is C12H16BrNO4S2. The van der Waals surface area contributed by atoms with Gasteiger partial charge in [-0.2, -0.15) is 4.31 Å². The molecule has 112 valence electrons. The molecule has 1 aromatic heterocycles. The maximum atomic E-state index is 12.6. The molecule has 1 N–H and O–H groups in total. The molecule has 2 heterocycles. The minimum atomic E-state index is -3.63. The number of aromatic carboxylic acids is 1. The lowest BCUT2D eigenvalue weighted by molar-refractivity contribution is 0.0702. The molecule has 0 amide bonds. The summed E-state index contributed by atoms with van der Waals surface area (Å²) in [4.78, 5) is 11.0. The highest BCUT2D eigenvalue weighted by Crippen LogP contribution is 2.35. The number of nitrogens with zero attached hydrogens (tertiary/aromatic N) is 1. The van der Waals surface area contributed by atoms with E-state index in [1.807, 2.05) is 6.92 Å². The van der Waals surface area contributed by atoms with E-state index in [-0.39, 0.29) is 9.77 Å². The van der Waals surface area contributed by atoms with E-state index in [1.54, 1.807) is 0 Å². The number of carbonyl (C=O) groups is 1. The van der Waals surface area contributed by atoms with Gasteiger partial charge in [-0.05, 0) is 40.3 Å². The largest absolute Gasteiger partial charge is 0.477 e. The average Bonchev–Trinajstić information content (AvgIpc) is 2.75. The Labute approximate surface area is 130 Å². The second-order valence-corrected chi connectivity index (χ2v) is 9.44. The van der Waals surface area contributed by atoms with Gasteiger partial charge in [0.15, 0.2) is 0 Å². The Morgan fingerprint density at radius 2 is 2.10 bits per heavy atom. The summed E-state index contributed by atoms with van der Waals surface area (Å²) >= 11 is 4.09. The first-order chi connectivity index (χ1) is 9.23. The summed E-state index contributed by atoms with van der Waals surface area (Å²) in [5.41, 5.74) is 0. The number of halogens is 1. The van der Waals surface area contributed by atoms with E-state index in [4.69, 9.17) is 5.11 Å². The minimum Gasteiger partial charge on any atom is -0.477 e. The average molecular weight is 382 g/mol. The SMILES string of the molecule is CC1CCN(S(=O)(=O)c2cc(C(=O)O)sc2Br)CC1C. The highest BCUT2D eigenvalue weighted by Gasteiger charge is 2.34. The quantitative estimate of drug-likeness (QED) is 0.873. The molecule has 0 radical (unpaired) electrons. The lowest BCUT2D eigenvalue weighted by atomic mass is 9.90. The molecule has 2 rings (SSSR count). The van der Waals surface area contributed by atoms with E-state index < -0.39 is 16.0 Å². The van der Waals surface area contributed by atoms with Crippen molar-refractivity contribution in [3.63, 3.8) is 0 Å². The van der Waals surface area contributed by atoms with Gasteiger partial charge in [-0.1, -0.05) is 13.8 Å². The number of sulfonamides is 1. The minimum absolute atomic E-state index is 0.0221. The fraction of sp³-hybridized carbons (Fsp3) is 0.583. The van der Waals surface area contributed by atoms with Crippen LogP contribution in [0.5, 0.6) is 0 Å². The maximum Gasteiger partial charge on any atom is 0.345 e. The Bertz CT molecular complexity index is 625. The van der Waals surface area contributed by atoms with Crippen molar-refractivity contribution in [3.05, 3.63) is 14.7 Å². The predicted molar refractivity (Wildman–Crippen MR) is 80.7 cm³/mol. The molecular weight excluding hydrogens is 366 g/mol. The summed E-state index contributed by atoms with van der Waals surface area (Å²) in [5.74, 6) is -0.311. The molecule has 0 saturated carbocycles. The van der Waals surface area contributed by atoms with Crippen molar-refractivity contribution in [2.24, 2.45) is 11.8 Å². The van der Waals surface area contributed by atoms with E-state index in [0.717, 1.165) is 17.8 Å². The van der Waals surface area contributed by atoms with Crippen molar-refractivity contribution >= 4 is 43.3 Å². The summed E-state index contributed by atoms with van der Waals surface area (Å²) < 4.78 is 27.0. The van der Waals surface area contributed by atoms with Gasteiger partial charge in [0.1, 0.15) is 9.77 Å². The zero-order valence-corrected chi connectivity index (χ0v) is 14.4. The van der Waals surface area contributed by atoms with Crippen LogP contribution in [-0.2, 0) is 10.0 Å². The molecule has 1 aliphatic rings. The Hall–Kier alpha value is -0.440. The number of hydrogen-bond acceptors (Lipinski definition) is 4. The summed E-state index contributed by atoms with van der Waals surface area (Å²) in [6, 6.07) is 1.23. The number of hydrogen-bond donors (Lipinski definition) is 1. The number of rotatable bonds is 3. The molecule has 1 saturated heterocycles. The summed E-state index contributed by atoms with van der Waals surface area (Å²) in [6.07, 6.45) is 0.827. The molecule has 0 aliphatic carbocycles. The van der Waals surface area contributed by atoms with Gasteiger partial charge < -0.3 is 5.11 Å². The van der Waals surface area contributed by atoms with Gasteiger partial charge in [-0.25, -0.2) is 13.2 Å². The van der Waals surface area contributed by atoms with Gasteiger partial charge in [0, 0.05) is 13.1 Å². The van der Waals surface area contributed by atoms with Crippen LogP contribution in [0.15, 0.2) is 14.7 Å². The first-order valence-electron chi connectivity index (χ1n) is 6.26. The van der Waals surface area contributed by atoms with Crippen LogP contribution in [0.25, 0.3) is 0 Å². The van der Waals surface area contributed by atoms with E-state index >= 15 is 0 Å². The third kappa shape index (κ3) is 2.93. The Kier molecular flexibility index (Phi) is 4.58. The molecule has 0 bridgehead atoms. The second kappa shape index (κ2) is 5.75. The first kappa shape index (κ1) is 15.9. The van der Waals surface area contributed by atoms with Crippen molar-refractivity contribution in [3.8, 4) is 0 Å². The molecule has 8 heteroatoms. The third-order valence-electron chi connectivity index (χ3n) is 3.78. The molecule has 5 nitrogen and oxygen atoms in total. The van der Waals surface area contributed by atoms with Crippen molar-refractivity contribution in [1.29, 1.82) is 0 Å². The van der Waals surface area contributed by atoms with Crippen LogP contribution in [0.2, 0.25) is 0 Å². The second-order valence-electron chi connectivity index (χ2n) is 5.16. The molecule has 2 atom stereocenters. The van der Waals surface area contributed by atoms with Crippen molar-refractivity contribution in [2.45, 2.75) is 25.2 Å². The number of piperidine rings is 1. The fourth-order valence-corrected chi connectivity index (χ4v) is 6.12. The Morgan fingerprint density at radius 3 is 2.60 bits per heavy atom. The van der Waals surface area contributed by atoms with Gasteiger partial charge in [-0.15, -0.1) is 11.3 Å². The molecule has 1 aromatic rings. The van der Waals surface area contributed by atoms with Crippen LogP contribution in [0.1, 0.15) is 29.9 Å². The maximum absolute atomic E-state index is 12.6. The lowest BCUT2D eigenvalue weighted by Crippen LogP contribution is -2.42. The Morgan fingerprint density at radius 1 is 1.45 bits per heavy atom. The molecule has 0 spiro atoms. The topological polar surface area (TPSA) is 74.7 Å². The van der Waals surface area contributed by atoms with Crippen molar-refractivity contribution in [1.82, 2.24) is 4.31 Å². The smallest absolute Gasteiger partial charge is 0.345 e. The van der Waals surface area contributed by atoms with Crippen LogP contribution in [0, 0.1) is 11.8 Å². The van der Waals surface area contributed by atoms with E-state index in [2.05, 4.69) is 22.9 Å². The van der Waals surface area contributed by atoms with Crippen molar-refractivity contribution in [2.75, 3.05) is 13.1 Å². The normalized spacial score (nSPS) is 24.8. The standard InChI is InChI=1S/C12H16BrNO4S2/c1-7-3-4-14(6-8(7)2)20(17,18)10-5-9(12(15)16)19-11(10)13/h5,7-8H,3-4,6H2,1-2H3,(H,15,16). The highest BCUT2D eigenvalue weighted by atomic mass is 79.9. The first-order valence-corrected chi connectivity index (χ1v) is 9.31. The highest BCUT2D eigenvalue weighted by molar-refractivity contribution is 9.11. The summed E-state index contributed by atoms with van der Waals surface area (Å²) in [6.45, 7) is 5.13. The van der Waals surface area contributed by atoms with Crippen LogP contribution in [0.3, 0.4) is 0 Å². The number of carboxylic acids is 1. The van der Waals surface area contributed by atoms with Crippen molar-refractivity contribution < 1.29 is 18.3 Å². The lowest BCUT2D eigenvalue weighted by Gasteiger charge is -2.34. The fourth-order valence-electron chi connectivity index (χ4n) is 2.22. The molecule has 1 fully saturated rings. The monoisotopic (exact) mass is 381 g/mol. The molecule has 1 aliphatic heterocycles. The zero-order valence-electron chi connectivity index (χ0n) is 11.2. The van der Waals surface area contributed by atoms with Crippen LogP contribution in [-0.4, -0.2) is 36.9 Å². The molecule has 0 aromatic carbocycles. The van der Waals surface area contributed by atoms with E-state index in [0.29, 0.717) is 28.7 Å². The number of thiophene rings is 1. The van der Waals surface area contributed by atoms with Gasteiger partial charge in [0.05, 0.1) is 3.79 Å². The number of carboxylic acid groups (broad SMARTS) is 1. The zero-order chi connectivity index (χ0) is 15.1. The van der Waals surface area contributed by atoms with Gasteiger partial charge >= 0.3 is 5.97 Å². The van der Waals surface area contributed by atoms with Gasteiger partial charge in [0.2, 0.25) is 10.0 Å². The van der Waals surface area contributed by atoms with E-state index in [1.165, 1.54) is 10.4 Å². The summed E-state index contributed by atoms with van der Waals surface area (Å²) in [7, 11) is -3.63.